The molecule has 14 heteroatoms. The van der Waals surface area contributed by atoms with E-state index in [1.165, 1.54) is 26.0 Å². The molecular formula is C30H36F3N3O8. The molecule has 5 atom stereocenters. The number of carbonyl (C=O) groups excluding carboxylic acids is 3. The largest absolute Gasteiger partial charge is 0.508 e. The normalized spacial score (nSPS) is 29.5. The lowest BCUT2D eigenvalue weighted by molar-refractivity contribution is -0.153. The van der Waals surface area contributed by atoms with Gasteiger partial charge in [-0.05, 0) is 63.0 Å². The van der Waals surface area contributed by atoms with Crippen LogP contribution in [0.5, 0.6) is 5.75 Å². The van der Waals surface area contributed by atoms with Gasteiger partial charge in [0.25, 0.3) is 5.91 Å². The number of phenols is 1. The number of fused-ring (bicyclic) bond motifs is 3. The number of likely N-dealkylation sites (N-methyl/N-ethyl adjacent to an activating group) is 2. The molecule has 5 rings (SSSR count). The molecule has 0 spiro atoms. The summed E-state index contributed by atoms with van der Waals surface area (Å²) in [5.41, 5.74) is -6.42. The Bertz CT molecular complexity index is 1480. The van der Waals surface area contributed by atoms with Gasteiger partial charge in [0.2, 0.25) is 5.78 Å². The molecule has 1 aromatic rings. The second kappa shape index (κ2) is 11.2. The van der Waals surface area contributed by atoms with Crippen molar-refractivity contribution in [3.8, 4) is 5.75 Å². The lowest BCUT2D eigenvalue weighted by Gasteiger charge is -2.50. The number of hydrogen-bond acceptors (Lipinski definition) is 10. The van der Waals surface area contributed by atoms with E-state index in [4.69, 9.17) is 4.74 Å². The van der Waals surface area contributed by atoms with Crippen LogP contribution in [0.2, 0.25) is 0 Å². The van der Waals surface area contributed by atoms with Gasteiger partial charge in [0, 0.05) is 25.1 Å². The van der Waals surface area contributed by atoms with Gasteiger partial charge in [-0.3, -0.25) is 24.2 Å². The quantitative estimate of drug-likeness (QED) is 0.307. The summed E-state index contributed by atoms with van der Waals surface area (Å²) in [7, 11) is 4.13. The molecule has 1 aromatic carbocycles. The second-order valence-electron chi connectivity index (χ2n) is 12.0. The summed E-state index contributed by atoms with van der Waals surface area (Å²) in [4.78, 5) is 43.3. The van der Waals surface area contributed by atoms with E-state index >= 15 is 0 Å². The van der Waals surface area contributed by atoms with Crippen molar-refractivity contribution in [1.29, 1.82) is 0 Å². The number of nitrogens with one attached hydrogen (secondary N) is 1. The van der Waals surface area contributed by atoms with Gasteiger partial charge in [0.05, 0.1) is 36.4 Å². The highest BCUT2D eigenvalue weighted by atomic mass is 19.4. The van der Waals surface area contributed by atoms with E-state index in [0.29, 0.717) is 26.1 Å². The Morgan fingerprint density at radius 2 is 1.91 bits per heavy atom. The van der Waals surface area contributed by atoms with E-state index < -0.39 is 105 Å². The zero-order valence-electron chi connectivity index (χ0n) is 24.8. The molecule has 1 heterocycles. The van der Waals surface area contributed by atoms with Crippen molar-refractivity contribution < 1.29 is 52.7 Å². The fourth-order valence-electron chi connectivity index (χ4n) is 7.53. The molecule has 1 unspecified atom stereocenters. The lowest BCUT2D eigenvalue weighted by atomic mass is 9.57. The van der Waals surface area contributed by atoms with Crippen LogP contribution in [0, 0.1) is 11.8 Å². The molecule has 2 fully saturated rings. The highest BCUT2D eigenvalue weighted by molar-refractivity contribution is 6.24. The summed E-state index contributed by atoms with van der Waals surface area (Å²) in [6.07, 6.45) is -5.00. The number of amides is 1. The molecule has 44 heavy (non-hydrogen) atoms. The highest BCUT2D eigenvalue weighted by Crippen LogP contribution is 2.55. The topological polar surface area (TPSA) is 160 Å². The zero-order valence-corrected chi connectivity index (χ0v) is 24.8. The second-order valence-corrected chi connectivity index (χ2v) is 12.0. The Hall–Kier alpha value is -3.46. The summed E-state index contributed by atoms with van der Waals surface area (Å²) in [6.45, 7) is 3.07. The van der Waals surface area contributed by atoms with E-state index in [-0.39, 0.29) is 18.6 Å². The van der Waals surface area contributed by atoms with Crippen LogP contribution in [0.15, 0.2) is 23.0 Å². The van der Waals surface area contributed by atoms with Crippen molar-refractivity contribution in [2.45, 2.75) is 50.0 Å². The molecular weight excluding hydrogens is 587 g/mol. The number of rotatable bonds is 5. The van der Waals surface area contributed by atoms with Crippen LogP contribution in [0.25, 0.3) is 5.76 Å². The van der Waals surface area contributed by atoms with Crippen molar-refractivity contribution in [1.82, 2.24) is 15.1 Å². The summed E-state index contributed by atoms with van der Waals surface area (Å²) in [5.74, 6) is -8.49. The summed E-state index contributed by atoms with van der Waals surface area (Å²) >= 11 is 0. The van der Waals surface area contributed by atoms with E-state index in [1.54, 1.807) is 0 Å². The van der Waals surface area contributed by atoms with Crippen LogP contribution in [0.3, 0.4) is 0 Å². The number of carbonyl (C=O) groups is 3. The number of aliphatic hydroxyl groups excluding tert-OH is 2. The van der Waals surface area contributed by atoms with E-state index in [9.17, 15) is 48.0 Å². The minimum atomic E-state index is -4.92. The first-order valence-electron chi connectivity index (χ1n) is 14.5. The Labute approximate surface area is 251 Å². The van der Waals surface area contributed by atoms with Gasteiger partial charge >= 0.3 is 6.18 Å². The molecule has 1 saturated carbocycles. The van der Waals surface area contributed by atoms with Gasteiger partial charge < -0.3 is 30.5 Å². The average Bonchev–Trinajstić information content (AvgIpc) is 2.94. The van der Waals surface area contributed by atoms with Gasteiger partial charge in [-0.1, -0.05) is 6.92 Å². The van der Waals surface area contributed by atoms with Gasteiger partial charge in [0.1, 0.15) is 22.8 Å². The third-order valence-corrected chi connectivity index (χ3v) is 9.35. The molecule has 0 bridgehead atoms. The highest BCUT2D eigenvalue weighted by Gasteiger charge is 2.64. The molecule has 240 valence electrons. The van der Waals surface area contributed by atoms with E-state index in [0.717, 1.165) is 6.07 Å². The molecule has 3 aliphatic carbocycles. The monoisotopic (exact) mass is 623 g/mol. The maximum atomic E-state index is 14.9. The van der Waals surface area contributed by atoms with E-state index in [1.807, 2.05) is 11.8 Å². The minimum absolute atomic E-state index is 0.0443. The SMILES string of the molecule is CCCN1CCOCC1c1cc(O)c2c(c1C(F)(F)F)C[C@H]1C[C@H]3[C@H](N(C)C)C(=O)C(C(=O)NC)=C(O)[C@@]3(O)C(=O)C1=C2O. The van der Waals surface area contributed by atoms with Crippen LogP contribution in [0.1, 0.15) is 48.1 Å². The number of Topliss-reactive ketones (excluding diaryl/α,β-unsaturated/α-hetero) is 2. The average molecular weight is 624 g/mol. The molecule has 5 N–H and O–H groups in total. The number of ether oxygens (including phenoxy) is 1. The number of ketones is 2. The number of nitrogens with zero attached hydrogens (tertiary/aromatic N) is 2. The smallest absolute Gasteiger partial charge is 0.417 e. The standard InChI is InChI=1S/C30H36F3N3O8/c1-5-6-36-7-8-44-12-17(36)14-11-18(37)20-15(22(14)30(31,32)33)9-13-10-16-23(35(3)4)25(39)21(28(42)34-2)27(41)29(16,43)26(40)19(13)24(20)38/h11,13,16-17,23,37-38,41,43H,5-10,12H2,1-4H3,(H,34,42)/t13-,16-,17?,23-,29-/m0/s1. The molecule has 1 aliphatic heterocycles. The minimum Gasteiger partial charge on any atom is -0.508 e. The van der Waals surface area contributed by atoms with Crippen LogP contribution in [0.4, 0.5) is 13.2 Å². The number of alkyl halides is 3. The molecule has 0 aromatic heterocycles. The van der Waals surface area contributed by atoms with Crippen LogP contribution < -0.4 is 5.32 Å². The fraction of sp³-hybridized carbons (Fsp3) is 0.567. The Kier molecular flexibility index (Phi) is 8.10. The maximum Gasteiger partial charge on any atom is 0.417 e. The van der Waals surface area contributed by atoms with Crippen LogP contribution >= 0.6 is 0 Å². The van der Waals surface area contributed by atoms with Crippen molar-refractivity contribution in [2.24, 2.45) is 11.8 Å². The summed E-state index contributed by atoms with van der Waals surface area (Å²) in [5, 5.41) is 47.6. The molecule has 4 aliphatic rings. The van der Waals surface area contributed by atoms with E-state index in [2.05, 4.69) is 5.32 Å². The predicted molar refractivity (Wildman–Crippen MR) is 150 cm³/mol. The first kappa shape index (κ1) is 31.9. The fourth-order valence-corrected chi connectivity index (χ4v) is 7.53. The summed E-state index contributed by atoms with van der Waals surface area (Å²) in [6, 6.07) is -1.20. The number of hydrogen-bond donors (Lipinski definition) is 5. The lowest BCUT2D eigenvalue weighted by Crippen LogP contribution is -2.65. The van der Waals surface area contributed by atoms with Crippen LogP contribution in [-0.2, 0) is 31.7 Å². The van der Waals surface area contributed by atoms with Crippen LogP contribution in [-0.4, -0.2) is 107 Å². The Morgan fingerprint density at radius 1 is 1.23 bits per heavy atom. The number of benzene rings is 1. The first-order chi connectivity index (χ1) is 20.6. The number of aliphatic hydroxyl groups is 3. The van der Waals surface area contributed by atoms with Crippen molar-refractivity contribution in [2.75, 3.05) is 47.4 Å². The number of phenolic OH excluding ortho intramolecular Hbond substituents is 1. The third kappa shape index (κ3) is 4.61. The van der Waals surface area contributed by atoms with Crippen molar-refractivity contribution in [3.05, 3.63) is 45.2 Å². The molecule has 11 nitrogen and oxygen atoms in total. The Morgan fingerprint density at radius 3 is 2.50 bits per heavy atom. The maximum absolute atomic E-state index is 14.9. The van der Waals surface area contributed by atoms with Gasteiger partial charge in [-0.25, -0.2) is 0 Å². The van der Waals surface area contributed by atoms with Crippen molar-refractivity contribution >= 4 is 23.2 Å². The van der Waals surface area contributed by atoms with Gasteiger partial charge in [-0.2, -0.15) is 13.2 Å². The molecule has 1 amide bonds. The van der Waals surface area contributed by atoms with Gasteiger partial charge in [0.15, 0.2) is 11.4 Å². The van der Waals surface area contributed by atoms with Gasteiger partial charge in [-0.15, -0.1) is 0 Å². The zero-order chi connectivity index (χ0) is 32.5. The molecule has 1 saturated heterocycles. The number of halogens is 3. The Balaban J connectivity index is 1.74. The number of morpholine rings is 1. The van der Waals surface area contributed by atoms with Crippen molar-refractivity contribution in [3.63, 3.8) is 0 Å². The predicted octanol–water partition coefficient (Wildman–Crippen LogP) is 2.03. The third-order valence-electron chi connectivity index (χ3n) is 9.35. The number of aromatic hydroxyl groups is 1. The summed E-state index contributed by atoms with van der Waals surface area (Å²) < 4.78 is 50.4. The molecule has 0 radical (unpaired) electrons. The first-order valence-corrected chi connectivity index (χ1v) is 14.5.